The van der Waals surface area contributed by atoms with Gasteiger partial charge in [-0.2, -0.15) is 5.26 Å². The Bertz CT molecular complexity index is 1400. The molecule has 1 aromatic heterocycles. The Morgan fingerprint density at radius 3 is 2.39 bits per heavy atom. The number of nitriles is 1. The number of carbonyl (C=O) groups is 2. The number of aromatic nitrogens is 2. The lowest BCUT2D eigenvalue weighted by Gasteiger charge is -2.13. The van der Waals surface area contributed by atoms with E-state index < -0.39 is 5.56 Å². The van der Waals surface area contributed by atoms with Crippen molar-refractivity contribution in [1.82, 2.24) is 9.13 Å². The number of aryl methyl sites for hydroxylation is 1. The third-order valence-corrected chi connectivity index (χ3v) is 5.64. The first-order valence-corrected chi connectivity index (χ1v) is 10.9. The van der Waals surface area contributed by atoms with E-state index in [0.29, 0.717) is 34.3 Å². The Morgan fingerprint density at radius 1 is 1.03 bits per heavy atom. The Kier molecular flexibility index (Phi) is 7.46. The molecule has 8 nitrogen and oxygen atoms in total. The molecule has 1 amide bonds. The fraction of sp³-hybridized carbons (Fsp3) is 0.292. The van der Waals surface area contributed by atoms with Crippen LogP contribution in [0, 0.1) is 11.3 Å². The van der Waals surface area contributed by atoms with Gasteiger partial charge in [-0.15, -0.1) is 0 Å². The first-order valence-electron chi connectivity index (χ1n) is 10.6. The second-order valence-corrected chi connectivity index (χ2v) is 7.91. The van der Waals surface area contributed by atoms with Gasteiger partial charge < -0.3 is 5.32 Å². The third-order valence-electron chi connectivity index (χ3n) is 5.33. The van der Waals surface area contributed by atoms with Gasteiger partial charge in [0.1, 0.15) is 11.9 Å². The van der Waals surface area contributed by atoms with Gasteiger partial charge in [0.05, 0.1) is 21.5 Å². The Balaban J connectivity index is 1.69. The second-order valence-electron chi connectivity index (χ2n) is 7.50. The van der Waals surface area contributed by atoms with E-state index in [4.69, 9.17) is 16.9 Å². The molecule has 0 unspecified atom stereocenters. The number of benzene rings is 2. The number of carbonyl (C=O) groups excluding carboxylic acids is 2. The number of nitrogens with zero attached hydrogens (tertiary/aromatic N) is 3. The molecule has 0 aliphatic rings. The van der Waals surface area contributed by atoms with Crippen LogP contribution in [0.15, 0.2) is 46.0 Å². The van der Waals surface area contributed by atoms with Gasteiger partial charge in [0.25, 0.3) is 5.56 Å². The van der Waals surface area contributed by atoms with Crippen molar-refractivity contribution in [3.63, 3.8) is 0 Å². The number of hydrogen-bond donors (Lipinski definition) is 1. The second kappa shape index (κ2) is 10.3. The molecule has 9 heteroatoms. The summed E-state index contributed by atoms with van der Waals surface area (Å²) in [5.74, 6) is -0.498. The summed E-state index contributed by atoms with van der Waals surface area (Å²) >= 11 is 5.99. The Labute approximate surface area is 195 Å². The van der Waals surface area contributed by atoms with E-state index in [9.17, 15) is 19.2 Å². The minimum Gasteiger partial charge on any atom is -0.326 e. The average Bonchev–Trinajstić information content (AvgIpc) is 2.79. The lowest BCUT2D eigenvalue weighted by Crippen LogP contribution is -2.39. The van der Waals surface area contributed by atoms with Crippen molar-refractivity contribution in [2.24, 2.45) is 0 Å². The van der Waals surface area contributed by atoms with E-state index in [1.165, 1.54) is 4.57 Å². The van der Waals surface area contributed by atoms with Crippen LogP contribution in [-0.2, 0) is 29.1 Å². The first kappa shape index (κ1) is 24.0. The van der Waals surface area contributed by atoms with Crippen LogP contribution in [0.3, 0.4) is 0 Å². The lowest BCUT2D eigenvalue weighted by molar-refractivity contribution is -0.122. The zero-order chi connectivity index (χ0) is 24.1. The smallest absolute Gasteiger partial charge is 0.326 e. The highest BCUT2D eigenvalue weighted by Crippen LogP contribution is 2.19. The number of rotatable bonds is 8. The van der Waals surface area contributed by atoms with E-state index in [2.05, 4.69) is 5.32 Å². The summed E-state index contributed by atoms with van der Waals surface area (Å²) in [6.07, 6.45) is 0.128. The van der Waals surface area contributed by atoms with Crippen LogP contribution in [0.5, 0.6) is 0 Å². The molecule has 1 N–H and O–H groups in total. The van der Waals surface area contributed by atoms with Gasteiger partial charge in [-0.25, -0.2) is 4.79 Å². The maximum Gasteiger partial charge on any atom is 0.331 e. The molecule has 0 aliphatic heterocycles. The highest BCUT2D eigenvalue weighted by atomic mass is 35.5. The van der Waals surface area contributed by atoms with Gasteiger partial charge in [0, 0.05) is 38.0 Å². The summed E-state index contributed by atoms with van der Waals surface area (Å²) in [4.78, 5) is 49.8. The Hall–Kier alpha value is -3.70. The molecule has 33 heavy (non-hydrogen) atoms. The summed E-state index contributed by atoms with van der Waals surface area (Å²) in [5, 5.41) is 12.2. The maximum absolute atomic E-state index is 12.7. The van der Waals surface area contributed by atoms with E-state index in [-0.39, 0.29) is 48.2 Å². The molecule has 170 valence electrons. The molecule has 0 atom stereocenters. The van der Waals surface area contributed by atoms with Crippen LogP contribution in [0.1, 0.15) is 37.8 Å². The van der Waals surface area contributed by atoms with Gasteiger partial charge >= 0.3 is 5.69 Å². The van der Waals surface area contributed by atoms with E-state index in [1.54, 1.807) is 43.3 Å². The predicted molar refractivity (Wildman–Crippen MR) is 127 cm³/mol. The minimum atomic E-state index is -0.408. The number of Topliss-reactive ketones (excluding diaryl/α,β-unsaturated/α-hetero) is 1. The number of amides is 1. The molecule has 0 aliphatic carbocycles. The summed E-state index contributed by atoms with van der Waals surface area (Å²) in [6.45, 7) is 4.21. The topological polar surface area (TPSA) is 114 Å². The normalized spacial score (nSPS) is 10.7. The van der Waals surface area contributed by atoms with Crippen molar-refractivity contribution < 1.29 is 9.59 Å². The summed E-state index contributed by atoms with van der Waals surface area (Å²) in [6, 6.07) is 11.6. The van der Waals surface area contributed by atoms with Crippen LogP contribution in [0.25, 0.3) is 10.9 Å². The molecular weight excluding hydrogens is 444 g/mol. The van der Waals surface area contributed by atoms with Crippen molar-refractivity contribution in [2.75, 3.05) is 5.32 Å². The van der Waals surface area contributed by atoms with Crippen molar-refractivity contribution in [3.8, 4) is 6.07 Å². The number of halogens is 1. The van der Waals surface area contributed by atoms with E-state index >= 15 is 0 Å². The highest BCUT2D eigenvalue weighted by molar-refractivity contribution is 6.31. The highest BCUT2D eigenvalue weighted by Gasteiger charge is 2.14. The van der Waals surface area contributed by atoms with Gasteiger partial charge in [-0.3, -0.25) is 23.5 Å². The molecular formula is C24H23ClN4O4. The molecule has 0 saturated carbocycles. The minimum absolute atomic E-state index is 0.0193. The number of hydrogen-bond acceptors (Lipinski definition) is 5. The molecule has 2 aromatic carbocycles. The zero-order valence-corrected chi connectivity index (χ0v) is 19.1. The van der Waals surface area contributed by atoms with Crippen molar-refractivity contribution >= 4 is 39.9 Å². The quantitative estimate of drug-likeness (QED) is 0.547. The van der Waals surface area contributed by atoms with Gasteiger partial charge in [-0.1, -0.05) is 17.7 Å². The summed E-state index contributed by atoms with van der Waals surface area (Å²) < 4.78 is 2.67. The standard InChI is InChI=1S/C24H23ClN4O4/c1-3-28-21-9-7-17(13-19(21)23(32)29(4-2)24(28)33)27-22(31)10-8-18(30)11-15-5-6-16(14-26)20(25)12-15/h5-7,9,12-13H,3-4,8,10-11H2,1-2H3,(H,27,31). The van der Waals surface area contributed by atoms with Crippen LogP contribution < -0.4 is 16.6 Å². The molecule has 3 aromatic rings. The molecule has 1 heterocycles. The van der Waals surface area contributed by atoms with Crippen LogP contribution in [-0.4, -0.2) is 20.8 Å². The number of nitrogens with one attached hydrogen (secondary N) is 1. The summed E-state index contributed by atoms with van der Waals surface area (Å²) in [5.41, 5.74) is 1.16. The molecule has 0 spiro atoms. The number of ketones is 1. The fourth-order valence-corrected chi connectivity index (χ4v) is 3.88. The third kappa shape index (κ3) is 5.21. The first-order chi connectivity index (χ1) is 15.8. The predicted octanol–water partition coefficient (Wildman–Crippen LogP) is 3.26. The van der Waals surface area contributed by atoms with E-state index in [0.717, 1.165) is 4.57 Å². The van der Waals surface area contributed by atoms with Crippen molar-refractivity contribution in [2.45, 2.75) is 46.2 Å². The van der Waals surface area contributed by atoms with Crippen LogP contribution in [0.2, 0.25) is 5.02 Å². The monoisotopic (exact) mass is 466 g/mol. The Morgan fingerprint density at radius 2 is 1.76 bits per heavy atom. The SMILES string of the molecule is CCn1c(=O)c2cc(NC(=O)CCC(=O)Cc3ccc(C#N)c(Cl)c3)ccc2n(CC)c1=O. The number of fused-ring (bicyclic) bond motifs is 1. The number of anilines is 1. The van der Waals surface area contributed by atoms with Crippen LogP contribution in [0.4, 0.5) is 5.69 Å². The molecule has 0 bridgehead atoms. The average molecular weight is 467 g/mol. The van der Waals surface area contributed by atoms with Gasteiger partial charge in [0.15, 0.2) is 0 Å². The zero-order valence-electron chi connectivity index (χ0n) is 18.4. The maximum atomic E-state index is 12.7. The molecule has 0 fully saturated rings. The lowest BCUT2D eigenvalue weighted by atomic mass is 10.0. The van der Waals surface area contributed by atoms with Crippen LogP contribution >= 0.6 is 11.6 Å². The largest absolute Gasteiger partial charge is 0.331 e. The van der Waals surface area contributed by atoms with Crippen molar-refractivity contribution in [1.29, 1.82) is 5.26 Å². The fourth-order valence-electron chi connectivity index (χ4n) is 3.64. The van der Waals surface area contributed by atoms with Gasteiger partial charge in [0.2, 0.25) is 5.91 Å². The molecule has 0 saturated heterocycles. The van der Waals surface area contributed by atoms with Gasteiger partial charge in [-0.05, 0) is 49.7 Å². The molecule has 3 rings (SSSR count). The van der Waals surface area contributed by atoms with Crippen molar-refractivity contribution in [3.05, 3.63) is 73.4 Å². The summed E-state index contributed by atoms with van der Waals surface area (Å²) in [7, 11) is 0. The molecule has 0 radical (unpaired) electrons. The van der Waals surface area contributed by atoms with E-state index in [1.807, 2.05) is 13.0 Å².